The topological polar surface area (TPSA) is 77.0 Å². The van der Waals surface area contributed by atoms with Crippen molar-refractivity contribution in [3.63, 3.8) is 0 Å². The Labute approximate surface area is 275 Å². The lowest BCUT2D eigenvalue weighted by Crippen LogP contribution is -2.43. The van der Waals surface area contributed by atoms with Crippen LogP contribution in [0.1, 0.15) is 38.1 Å². The van der Waals surface area contributed by atoms with E-state index in [0.29, 0.717) is 51.0 Å². The fraction of sp³-hybridized carbons (Fsp3) is 0.206. The van der Waals surface area contributed by atoms with Gasteiger partial charge in [0.2, 0.25) is 0 Å². The Kier molecular flexibility index (Phi) is 8.50. The van der Waals surface area contributed by atoms with Crippen LogP contribution in [0.5, 0.6) is 5.75 Å². The number of thiazole rings is 1. The van der Waals surface area contributed by atoms with Crippen molar-refractivity contribution in [3.05, 3.63) is 118 Å². The molecule has 5 aromatic rings. The average Bonchev–Trinajstić information content (AvgIpc) is 3.61. The molecule has 3 heterocycles. The van der Waals surface area contributed by atoms with Crippen molar-refractivity contribution in [2.75, 3.05) is 20.2 Å². The monoisotopic (exact) mass is 733 g/mol. The van der Waals surface area contributed by atoms with Crippen LogP contribution in [-0.4, -0.2) is 35.6 Å². The summed E-state index contributed by atoms with van der Waals surface area (Å²) in [4.78, 5) is 35.6. The van der Waals surface area contributed by atoms with Crippen molar-refractivity contribution in [1.29, 1.82) is 0 Å². The van der Waals surface area contributed by atoms with Crippen LogP contribution in [0.15, 0.2) is 101 Å². The van der Waals surface area contributed by atoms with Crippen LogP contribution in [0.3, 0.4) is 0 Å². The molecule has 0 N–H and O–H groups in total. The van der Waals surface area contributed by atoms with Crippen molar-refractivity contribution in [2.45, 2.75) is 26.8 Å². The molecule has 1 amide bonds. The molecule has 10 heteroatoms. The van der Waals surface area contributed by atoms with E-state index < -0.39 is 6.04 Å². The number of allylic oxidation sites excluding steroid dienone is 1. The molecule has 44 heavy (non-hydrogen) atoms. The molecule has 7 nitrogen and oxygen atoms in total. The standard InChI is InChI=1S/C34H29Br2N3O4S/c1-5-38(6-2)33(41)29-19(3)37-34-39(31(29)30-23-10-8-7-9-20(23)11-15-27(30)42-4)32(40)28(44-34)18-22-13-16-26(43-22)24-17-21(35)12-14-25(24)36/h7-18,31H,5-6H2,1-4H3/b28-18-/t31-/m1/s1. The molecular weight excluding hydrogens is 706 g/mol. The van der Waals surface area contributed by atoms with E-state index in [-0.39, 0.29) is 11.5 Å². The summed E-state index contributed by atoms with van der Waals surface area (Å²) in [5, 5.41) is 1.89. The normalized spacial score (nSPS) is 15.0. The lowest BCUT2D eigenvalue weighted by Gasteiger charge is -2.30. The van der Waals surface area contributed by atoms with Crippen LogP contribution in [0, 0.1) is 0 Å². The average molecular weight is 735 g/mol. The predicted octanol–water partition coefficient (Wildman–Crippen LogP) is 7.05. The number of carbonyl (C=O) groups excluding carboxylic acids is 1. The van der Waals surface area contributed by atoms with Gasteiger partial charge in [-0.1, -0.05) is 73.5 Å². The second kappa shape index (κ2) is 12.3. The third-order valence-corrected chi connectivity index (χ3v) is 9.99. The summed E-state index contributed by atoms with van der Waals surface area (Å²) in [7, 11) is 1.61. The summed E-state index contributed by atoms with van der Waals surface area (Å²) < 4.78 is 16.0. The first-order valence-corrected chi connectivity index (χ1v) is 16.6. The first-order valence-electron chi connectivity index (χ1n) is 14.2. The van der Waals surface area contributed by atoms with Crippen molar-refractivity contribution < 1.29 is 13.9 Å². The van der Waals surface area contributed by atoms with E-state index in [1.54, 1.807) is 22.7 Å². The third-order valence-electron chi connectivity index (χ3n) is 7.82. The Morgan fingerprint density at radius 2 is 1.86 bits per heavy atom. The highest BCUT2D eigenvalue weighted by Crippen LogP contribution is 2.40. The predicted molar refractivity (Wildman–Crippen MR) is 182 cm³/mol. The molecule has 0 spiro atoms. The van der Waals surface area contributed by atoms with E-state index in [1.165, 1.54) is 11.3 Å². The van der Waals surface area contributed by atoms with Gasteiger partial charge in [0.25, 0.3) is 11.5 Å². The summed E-state index contributed by atoms with van der Waals surface area (Å²) in [5.74, 6) is 1.64. The van der Waals surface area contributed by atoms with Crippen molar-refractivity contribution >= 4 is 66.0 Å². The molecule has 0 unspecified atom stereocenters. The molecule has 1 aliphatic heterocycles. The van der Waals surface area contributed by atoms with Crippen molar-refractivity contribution in [2.24, 2.45) is 4.99 Å². The number of furan rings is 1. The van der Waals surface area contributed by atoms with Crippen LogP contribution >= 0.6 is 43.2 Å². The first-order chi connectivity index (χ1) is 21.2. The Morgan fingerprint density at radius 1 is 1.09 bits per heavy atom. The van der Waals surface area contributed by atoms with E-state index in [4.69, 9.17) is 14.1 Å². The number of hydrogen-bond acceptors (Lipinski definition) is 6. The molecule has 1 atom stereocenters. The molecule has 6 rings (SSSR count). The maximum absolute atomic E-state index is 14.3. The van der Waals surface area contributed by atoms with E-state index >= 15 is 0 Å². The molecule has 0 saturated carbocycles. The van der Waals surface area contributed by atoms with Gasteiger partial charge >= 0.3 is 0 Å². The Morgan fingerprint density at radius 3 is 2.61 bits per heavy atom. The number of likely N-dealkylation sites (N-methyl/N-ethyl adjacent to an activating group) is 1. The Hall–Kier alpha value is -3.73. The molecule has 0 fully saturated rings. The van der Waals surface area contributed by atoms with Gasteiger partial charge in [-0.2, -0.15) is 0 Å². The lowest BCUT2D eigenvalue weighted by molar-refractivity contribution is -0.127. The summed E-state index contributed by atoms with van der Waals surface area (Å²) in [6.07, 6.45) is 1.74. The van der Waals surface area contributed by atoms with Crippen molar-refractivity contribution in [1.82, 2.24) is 9.47 Å². The van der Waals surface area contributed by atoms with E-state index in [0.717, 1.165) is 30.8 Å². The number of benzene rings is 3. The Bertz CT molecular complexity index is 2140. The molecule has 3 aromatic carbocycles. The van der Waals surface area contributed by atoms with Gasteiger partial charge in [0.1, 0.15) is 23.3 Å². The van der Waals surface area contributed by atoms with Gasteiger partial charge in [0, 0.05) is 39.2 Å². The SMILES string of the molecule is CCN(CC)C(=O)C1=C(C)N=c2s/c(=C\c3ccc(-c4cc(Br)ccc4Br)o3)c(=O)n2[C@H]1c1c(OC)ccc2ccccc12. The van der Waals surface area contributed by atoms with Crippen LogP contribution in [0.4, 0.5) is 0 Å². The quantitative estimate of drug-likeness (QED) is 0.180. The number of methoxy groups -OCH3 is 1. The van der Waals surface area contributed by atoms with Gasteiger partial charge < -0.3 is 14.1 Å². The largest absolute Gasteiger partial charge is 0.496 e. The zero-order valence-corrected chi connectivity index (χ0v) is 28.5. The van der Waals surface area contributed by atoms with E-state index in [1.807, 2.05) is 87.5 Å². The van der Waals surface area contributed by atoms with Gasteiger partial charge in [0.05, 0.1) is 22.9 Å². The van der Waals surface area contributed by atoms with Crippen molar-refractivity contribution in [3.8, 4) is 17.1 Å². The van der Waals surface area contributed by atoms with Crippen LogP contribution in [-0.2, 0) is 4.79 Å². The molecule has 0 radical (unpaired) electrons. The number of rotatable bonds is 7. The van der Waals surface area contributed by atoms with Gasteiger partial charge in [0.15, 0.2) is 4.80 Å². The smallest absolute Gasteiger partial charge is 0.271 e. The van der Waals surface area contributed by atoms with Crippen LogP contribution in [0.25, 0.3) is 28.2 Å². The molecule has 1 aliphatic rings. The fourth-order valence-electron chi connectivity index (χ4n) is 5.68. The van der Waals surface area contributed by atoms with Gasteiger partial charge in [-0.25, -0.2) is 4.99 Å². The van der Waals surface area contributed by atoms with E-state index in [2.05, 4.69) is 31.9 Å². The highest BCUT2D eigenvalue weighted by atomic mass is 79.9. The molecule has 0 aliphatic carbocycles. The highest BCUT2D eigenvalue weighted by molar-refractivity contribution is 9.11. The lowest BCUT2D eigenvalue weighted by atomic mass is 9.90. The zero-order chi connectivity index (χ0) is 31.1. The highest BCUT2D eigenvalue weighted by Gasteiger charge is 2.36. The summed E-state index contributed by atoms with van der Waals surface area (Å²) in [6.45, 7) is 6.80. The number of fused-ring (bicyclic) bond motifs is 2. The van der Waals surface area contributed by atoms with Crippen LogP contribution in [0.2, 0.25) is 0 Å². The van der Waals surface area contributed by atoms with Gasteiger partial charge in [-0.3, -0.25) is 14.2 Å². The molecule has 224 valence electrons. The fourth-order valence-corrected chi connectivity index (χ4v) is 7.51. The molecule has 0 saturated heterocycles. The minimum Gasteiger partial charge on any atom is -0.496 e. The molecule has 0 bridgehead atoms. The number of carbonyl (C=O) groups is 1. The summed E-state index contributed by atoms with van der Waals surface area (Å²) in [5.41, 5.74) is 2.42. The van der Waals surface area contributed by atoms with Gasteiger partial charge in [-0.15, -0.1) is 0 Å². The number of nitrogens with zero attached hydrogens (tertiary/aromatic N) is 3. The van der Waals surface area contributed by atoms with Crippen LogP contribution < -0.4 is 19.6 Å². The first kappa shape index (κ1) is 30.3. The second-order valence-corrected chi connectivity index (χ2v) is 13.1. The maximum Gasteiger partial charge on any atom is 0.271 e. The summed E-state index contributed by atoms with van der Waals surface area (Å²) >= 11 is 8.39. The third kappa shape index (κ3) is 5.29. The second-order valence-electron chi connectivity index (χ2n) is 10.3. The zero-order valence-electron chi connectivity index (χ0n) is 24.6. The number of aromatic nitrogens is 1. The maximum atomic E-state index is 14.3. The Balaban J connectivity index is 1.58. The molecule has 2 aromatic heterocycles. The number of amides is 1. The summed E-state index contributed by atoms with van der Waals surface area (Å²) in [6, 6.07) is 20.7. The number of hydrogen-bond donors (Lipinski definition) is 0. The van der Waals surface area contributed by atoms with Gasteiger partial charge in [-0.05, 0) is 67.9 Å². The number of halogens is 2. The van der Waals surface area contributed by atoms with E-state index in [9.17, 15) is 9.59 Å². The molecular formula is C34H29Br2N3O4S. The number of ether oxygens (including phenoxy) is 1. The minimum atomic E-state index is -0.743. The minimum absolute atomic E-state index is 0.152.